The number of aromatic nitrogens is 2. The SMILES string of the molecule is O=C(O)CN(CC(=O)O)C(=O)c1cn[nH]c1. The fourth-order valence-electron chi connectivity index (χ4n) is 1.08. The van der Waals surface area contributed by atoms with Crippen LogP contribution in [0, 0.1) is 0 Å². The van der Waals surface area contributed by atoms with Crippen LogP contribution < -0.4 is 0 Å². The van der Waals surface area contributed by atoms with Gasteiger partial charge in [-0.15, -0.1) is 0 Å². The van der Waals surface area contributed by atoms with Crippen molar-refractivity contribution in [2.24, 2.45) is 0 Å². The van der Waals surface area contributed by atoms with Crippen LogP contribution in [0.3, 0.4) is 0 Å². The number of carbonyl (C=O) groups is 3. The molecule has 8 heteroatoms. The highest BCUT2D eigenvalue weighted by molar-refractivity contribution is 5.97. The molecule has 0 atom stereocenters. The molecule has 16 heavy (non-hydrogen) atoms. The highest BCUT2D eigenvalue weighted by atomic mass is 16.4. The van der Waals surface area contributed by atoms with Gasteiger partial charge in [-0.3, -0.25) is 19.5 Å². The van der Waals surface area contributed by atoms with Crippen LogP contribution in [-0.2, 0) is 9.59 Å². The zero-order valence-corrected chi connectivity index (χ0v) is 8.08. The Bertz CT molecular complexity index is 384. The summed E-state index contributed by atoms with van der Waals surface area (Å²) in [5.41, 5.74) is 0.113. The maximum atomic E-state index is 11.6. The summed E-state index contributed by atoms with van der Waals surface area (Å²) in [4.78, 5) is 33.2. The minimum atomic E-state index is -1.28. The zero-order valence-electron chi connectivity index (χ0n) is 8.08. The maximum absolute atomic E-state index is 11.6. The number of rotatable bonds is 5. The van der Waals surface area contributed by atoms with Gasteiger partial charge < -0.3 is 15.1 Å². The number of H-pyrrole nitrogens is 1. The summed E-state index contributed by atoms with van der Waals surface area (Å²) in [5, 5.41) is 23.0. The molecule has 0 spiro atoms. The molecule has 0 aromatic carbocycles. The van der Waals surface area contributed by atoms with Gasteiger partial charge in [0.25, 0.3) is 5.91 Å². The molecule has 0 radical (unpaired) electrons. The van der Waals surface area contributed by atoms with E-state index in [4.69, 9.17) is 10.2 Å². The largest absolute Gasteiger partial charge is 0.480 e. The number of nitrogens with one attached hydrogen (secondary N) is 1. The van der Waals surface area contributed by atoms with Crippen LogP contribution in [0.1, 0.15) is 10.4 Å². The number of amides is 1. The average molecular weight is 227 g/mol. The highest BCUT2D eigenvalue weighted by Crippen LogP contribution is 2.01. The molecule has 1 heterocycles. The molecule has 3 N–H and O–H groups in total. The van der Waals surface area contributed by atoms with Crippen molar-refractivity contribution in [3.05, 3.63) is 18.0 Å². The van der Waals surface area contributed by atoms with Crippen LogP contribution in [0.15, 0.2) is 12.4 Å². The lowest BCUT2D eigenvalue weighted by Crippen LogP contribution is -2.39. The predicted molar refractivity (Wildman–Crippen MR) is 49.8 cm³/mol. The second-order valence-corrected chi connectivity index (χ2v) is 2.94. The number of carbonyl (C=O) groups excluding carboxylic acids is 1. The number of aliphatic carboxylic acids is 2. The van der Waals surface area contributed by atoms with Crippen LogP contribution in [0.2, 0.25) is 0 Å². The number of nitrogens with zero attached hydrogens (tertiary/aromatic N) is 2. The molecule has 0 saturated heterocycles. The monoisotopic (exact) mass is 227 g/mol. The molecular weight excluding hydrogens is 218 g/mol. The number of carboxylic acids is 2. The number of carboxylic acid groups (broad SMARTS) is 2. The molecule has 0 unspecified atom stereocenters. The van der Waals surface area contributed by atoms with Gasteiger partial charge in [0.05, 0.1) is 11.8 Å². The molecule has 86 valence electrons. The molecule has 1 aromatic rings. The van der Waals surface area contributed by atoms with Crippen molar-refractivity contribution >= 4 is 17.8 Å². The van der Waals surface area contributed by atoms with Gasteiger partial charge in [-0.1, -0.05) is 0 Å². The van der Waals surface area contributed by atoms with E-state index in [1.165, 1.54) is 12.4 Å². The van der Waals surface area contributed by atoms with Gasteiger partial charge >= 0.3 is 11.9 Å². The fourth-order valence-corrected chi connectivity index (χ4v) is 1.08. The van der Waals surface area contributed by atoms with E-state index in [1.54, 1.807) is 0 Å². The molecule has 1 aromatic heterocycles. The van der Waals surface area contributed by atoms with Gasteiger partial charge in [0.2, 0.25) is 0 Å². The molecular formula is C8H9N3O5. The summed E-state index contributed by atoms with van der Waals surface area (Å²) in [6, 6.07) is 0. The molecule has 0 bridgehead atoms. The van der Waals surface area contributed by atoms with E-state index < -0.39 is 30.9 Å². The van der Waals surface area contributed by atoms with Gasteiger partial charge in [-0.2, -0.15) is 5.10 Å². The second kappa shape index (κ2) is 4.91. The standard InChI is InChI=1S/C8H9N3O5/c12-6(13)3-11(4-7(14)15)8(16)5-1-9-10-2-5/h1-2H,3-4H2,(H,9,10)(H,12,13)(H,14,15). The summed E-state index contributed by atoms with van der Waals surface area (Å²) in [5.74, 6) is -3.25. The minimum absolute atomic E-state index is 0.113. The van der Waals surface area contributed by atoms with Gasteiger partial charge in [0.1, 0.15) is 13.1 Å². The Morgan fingerprint density at radius 3 is 2.19 bits per heavy atom. The Morgan fingerprint density at radius 1 is 1.25 bits per heavy atom. The molecule has 1 rings (SSSR count). The van der Waals surface area contributed by atoms with Crippen LogP contribution in [-0.4, -0.2) is 56.2 Å². The molecule has 0 aliphatic heterocycles. The second-order valence-electron chi connectivity index (χ2n) is 2.94. The fraction of sp³-hybridized carbons (Fsp3) is 0.250. The molecule has 0 fully saturated rings. The number of hydrogen-bond donors (Lipinski definition) is 3. The lowest BCUT2D eigenvalue weighted by Gasteiger charge is -2.17. The summed E-state index contributed by atoms with van der Waals surface area (Å²) in [6.07, 6.45) is 2.46. The van der Waals surface area contributed by atoms with Crippen LogP contribution in [0.5, 0.6) is 0 Å². The predicted octanol–water partition coefficient (Wildman–Crippen LogP) is -0.979. The zero-order chi connectivity index (χ0) is 12.1. The summed E-state index contributed by atoms with van der Waals surface area (Å²) < 4.78 is 0. The van der Waals surface area contributed by atoms with Crippen molar-refractivity contribution in [3.63, 3.8) is 0 Å². The number of hydrogen-bond acceptors (Lipinski definition) is 4. The van der Waals surface area contributed by atoms with Crippen molar-refractivity contribution in [1.82, 2.24) is 15.1 Å². The quantitative estimate of drug-likeness (QED) is 0.594. The molecule has 1 amide bonds. The summed E-state index contributed by atoms with van der Waals surface area (Å²) >= 11 is 0. The first kappa shape index (κ1) is 11.7. The third-order valence-electron chi connectivity index (χ3n) is 1.68. The molecule has 8 nitrogen and oxygen atoms in total. The molecule has 0 aliphatic carbocycles. The minimum Gasteiger partial charge on any atom is -0.480 e. The first-order valence-electron chi connectivity index (χ1n) is 4.22. The Morgan fingerprint density at radius 2 is 1.81 bits per heavy atom. The van der Waals surface area contributed by atoms with Gasteiger partial charge in [0, 0.05) is 6.20 Å². The summed E-state index contributed by atoms with van der Waals surface area (Å²) in [7, 11) is 0. The molecule has 0 saturated carbocycles. The van der Waals surface area contributed by atoms with E-state index in [0.717, 1.165) is 0 Å². The van der Waals surface area contributed by atoms with Crippen molar-refractivity contribution in [1.29, 1.82) is 0 Å². The Labute approximate surface area is 89.5 Å². The Hall–Kier alpha value is -2.38. The Kier molecular flexibility index (Phi) is 3.59. The van der Waals surface area contributed by atoms with Crippen molar-refractivity contribution < 1.29 is 24.6 Å². The lowest BCUT2D eigenvalue weighted by atomic mass is 10.3. The first-order chi connectivity index (χ1) is 7.50. The van der Waals surface area contributed by atoms with Crippen LogP contribution in [0.25, 0.3) is 0 Å². The first-order valence-corrected chi connectivity index (χ1v) is 4.22. The molecule has 0 aliphatic rings. The smallest absolute Gasteiger partial charge is 0.323 e. The normalized spacial score (nSPS) is 9.75. The van der Waals surface area contributed by atoms with Gasteiger partial charge in [-0.25, -0.2) is 0 Å². The van der Waals surface area contributed by atoms with E-state index in [2.05, 4.69) is 10.2 Å². The topological polar surface area (TPSA) is 124 Å². The highest BCUT2D eigenvalue weighted by Gasteiger charge is 2.21. The van der Waals surface area contributed by atoms with Crippen molar-refractivity contribution in [3.8, 4) is 0 Å². The third-order valence-corrected chi connectivity index (χ3v) is 1.68. The number of aromatic amines is 1. The van der Waals surface area contributed by atoms with Crippen molar-refractivity contribution in [2.45, 2.75) is 0 Å². The van der Waals surface area contributed by atoms with Crippen LogP contribution in [0.4, 0.5) is 0 Å². The van der Waals surface area contributed by atoms with E-state index in [-0.39, 0.29) is 5.56 Å². The van der Waals surface area contributed by atoms with Crippen LogP contribution >= 0.6 is 0 Å². The van der Waals surface area contributed by atoms with Crippen molar-refractivity contribution in [2.75, 3.05) is 13.1 Å². The van der Waals surface area contributed by atoms with E-state index in [0.29, 0.717) is 4.90 Å². The van der Waals surface area contributed by atoms with Gasteiger partial charge in [0.15, 0.2) is 0 Å². The Balaban J connectivity index is 2.79. The van der Waals surface area contributed by atoms with E-state index >= 15 is 0 Å². The van der Waals surface area contributed by atoms with E-state index in [9.17, 15) is 14.4 Å². The summed E-state index contributed by atoms with van der Waals surface area (Å²) in [6.45, 7) is -1.34. The lowest BCUT2D eigenvalue weighted by molar-refractivity contribution is -0.140. The average Bonchev–Trinajstić information content (AvgIpc) is 2.66. The third kappa shape index (κ3) is 3.08. The van der Waals surface area contributed by atoms with Gasteiger partial charge in [-0.05, 0) is 0 Å². The maximum Gasteiger partial charge on any atom is 0.323 e. The van der Waals surface area contributed by atoms with E-state index in [1.807, 2.05) is 0 Å².